The van der Waals surface area contributed by atoms with Crippen molar-refractivity contribution in [3.8, 4) is 22.9 Å². The molecule has 0 spiro atoms. The van der Waals surface area contributed by atoms with E-state index in [2.05, 4.69) is 9.97 Å². The zero-order valence-corrected chi connectivity index (χ0v) is 17.5. The van der Waals surface area contributed by atoms with Gasteiger partial charge in [-0.15, -0.1) is 0 Å². The van der Waals surface area contributed by atoms with Gasteiger partial charge in [0.15, 0.2) is 22.7 Å². The zero-order valence-electron chi connectivity index (χ0n) is 17.5. The Balaban J connectivity index is 2.02. The van der Waals surface area contributed by atoms with Gasteiger partial charge in [0.1, 0.15) is 5.82 Å². The molecule has 11 heteroatoms. The van der Waals surface area contributed by atoms with Crippen LogP contribution in [0.1, 0.15) is 5.56 Å². The number of alkyl halides is 2. The van der Waals surface area contributed by atoms with Crippen LogP contribution in [0.2, 0.25) is 0 Å². The number of nitrogens with zero attached hydrogens (tertiary/aromatic N) is 3. The molecule has 0 aliphatic carbocycles. The van der Waals surface area contributed by atoms with Crippen LogP contribution in [0.3, 0.4) is 0 Å². The van der Waals surface area contributed by atoms with Gasteiger partial charge >= 0.3 is 12.3 Å². The van der Waals surface area contributed by atoms with Crippen LogP contribution in [-0.2, 0) is 13.1 Å². The third-order valence-corrected chi connectivity index (χ3v) is 5.04. The highest BCUT2D eigenvalue weighted by molar-refractivity contribution is 5.80. The Morgan fingerprint density at radius 2 is 1.85 bits per heavy atom. The van der Waals surface area contributed by atoms with Gasteiger partial charge in [0.25, 0.3) is 5.56 Å². The number of halogens is 2. The highest BCUT2D eigenvalue weighted by Gasteiger charge is 2.24. The maximum atomic E-state index is 13.2. The molecule has 2 heterocycles. The minimum Gasteiger partial charge on any atom is -0.493 e. The molecule has 172 valence electrons. The van der Waals surface area contributed by atoms with Gasteiger partial charge in [0.2, 0.25) is 0 Å². The summed E-state index contributed by atoms with van der Waals surface area (Å²) < 4.78 is 38.8. The second kappa shape index (κ2) is 9.25. The van der Waals surface area contributed by atoms with Crippen LogP contribution in [0.5, 0.6) is 11.5 Å². The lowest BCUT2D eigenvalue weighted by molar-refractivity contribution is -0.0508. The lowest BCUT2D eigenvalue weighted by Gasteiger charge is -2.15. The Kier molecular flexibility index (Phi) is 6.22. The summed E-state index contributed by atoms with van der Waals surface area (Å²) in [4.78, 5) is 32.1. The number of imidazole rings is 1. The van der Waals surface area contributed by atoms with Gasteiger partial charge in [-0.2, -0.15) is 8.78 Å². The van der Waals surface area contributed by atoms with Crippen molar-refractivity contribution in [2.45, 2.75) is 19.7 Å². The number of methoxy groups -OCH3 is 1. The van der Waals surface area contributed by atoms with Crippen LogP contribution in [0.25, 0.3) is 22.6 Å². The number of nitrogens with one attached hydrogen (secondary N) is 1. The first-order valence-electron chi connectivity index (χ1n) is 9.95. The number of hydrogen-bond acceptors (Lipinski definition) is 6. The highest BCUT2D eigenvalue weighted by atomic mass is 19.3. The van der Waals surface area contributed by atoms with E-state index >= 15 is 0 Å². The van der Waals surface area contributed by atoms with E-state index in [4.69, 9.17) is 9.47 Å². The molecule has 0 saturated carbocycles. The van der Waals surface area contributed by atoms with Crippen molar-refractivity contribution in [3.05, 3.63) is 74.9 Å². The number of ether oxygens (including phenoxy) is 2. The molecule has 0 bridgehead atoms. The van der Waals surface area contributed by atoms with E-state index in [-0.39, 0.29) is 53.7 Å². The fourth-order valence-electron chi connectivity index (χ4n) is 3.67. The highest BCUT2D eigenvalue weighted by Crippen LogP contribution is 2.39. The van der Waals surface area contributed by atoms with Crippen molar-refractivity contribution in [3.63, 3.8) is 0 Å². The van der Waals surface area contributed by atoms with Crippen LogP contribution in [0.4, 0.5) is 8.78 Å². The number of aromatic amines is 1. The minimum atomic E-state index is -3.14. The molecule has 2 aromatic heterocycles. The number of H-pyrrole nitrogens is 1. The Hall–Kier alpha value is -3.99. The van der Waals surface area contributed by atoms with Crippen LogP contribution < -0.4 is 20.7 Å². The van der Waals surface area contributed by atoms with E-state index < -0.39 is 17.9 Å². The monoisotopic (exact) mass is 458 g/mol. The second-order valence-corrected chi connectivity index (χ2v) is 7.03. The predicted octanol–water partition coefficient (Wildman–Crippen LogP) is 2.20. The molecule has 9 nitrogen and oxygen atoms in total. The van der Waals surface area contributed by atoms with Crippen molar-refractivity contribution in [2.75, 3.05) is 13.7 Å². The van der Waals surface area contributed by atoms with Crippen LogP contribution in [0, 0.1) is 0 Å². The van der Waals surface area contributed by atoms with Crippen molar-refractivity contribution < 1.29 is 23.4 Å². The Bertz CT molecular complexity index is 1400. The van der Waals surface area contributed by atoms with Gasteiger partial charge in [-0.25, -0.2) is 9.78 Å². The van der Waals surface area contributed by atoms with Gasteiger partial charge < -0.3 is 19.1 Å². The standard InChI is InChI=1S/C22H20F2N4O5/c1-32-15-9-5-8-14(17(15)33-21(23)24)18-25-19-16(27(18)10-11-29)20(30)26-22(31)28(19)12-13-6-3-2-4-7-13/h2-9,21,29H,10-12H2,1H3,(H,26,30,31). The maximum Gasteiger partial charge on any atom is 0.387 e. The van der Waals surface area contributed by atoms with Gasteiger partial charge in [0.05, 0.1) is 25.8 Å². The molecule has 2 N–H and O–H groups in total. The van der Waals surface area contributed by atoms with E-state index in [0.717, 1.165) is 5.56 Å². The number of rotatable bonds is 8. The topological polar surface area (TPSA) is 111 Å². The van der Waals surface area contributed by atoms with Crippen LogP contribution >= 0.6 is 0 Å². The van der Waals surface area contributed by atoms with Crippen molar-refractivity contribution >= 4 is 11.2 Å². The van der Waals surface area contributed by atoms with E-state index in [1.54, 1.807) is 6.07 Å². The molecule has 4 aromatic rings. The first kappa shape index (κ1) is 22.2. The van der Waals surface area contributed by atoms with E-state index in [1.807, 2.05) is 30.3 Å². The first-order chi connectivity index (χ1) is 15.9. The number of aliphatic hydroxyl groups excluding tert-OH is 1. The van der Waals surface area contributed by atoms with E-state index in [0.29, 0.717) is 0 Å². The first-order valence-corrected chi connectivity index (χ1v) is 9.95. The Labute approximate surface area is 185 Å². The summed E-state index contributed by atoms with van der Waals surface area (Å²) in [5.41, 5.74) is -0.439. The molecule has 0 unspecified atom stereocenters. The largest absolute Gasteiger partial charge is 0.493 e. The number of fused-ring (bicyclic) bond motifs is 1. The van der Waals surface area contributed by atoms with Crippen LogP contribution in [-0.4, -0.2) is 44.5 Å². The Morgan fingerprint density at radius 1 is 1.09 bits per heavy atom. The van der Waals surface area contributed by atoms with Crippen molar-refractivity contribution in [1.82, 2.24) is 19.1 Å². The third-order valence-electron chi connectivity index (χ3n) is 5.04. The average molecular weight is 458 g/mol. The molecule has 0 saturated heterocycles. The number of hydrogen-bond donors (Lipinski definition) is 2. The maximum absolute atomic E-state index is 13.2. The predicted molar refractivity (Wildman–Crippen MR) is 116 cm³/mol. The molecule has 2 aromatic carbocycles. The summed E-state index contributed by atoms with van der Waals surface area (Å²) in [6.07, 6.45) is 0. The molecule has 33 heavy (non-hydrogen) atoms. The number of aromatic nitrogens is 4. The summed E-state index contributed by atoms with van der Waals surface area (Å²) in [6, 6.07) is 13.5. The van der Waals surface area contributed by atoms with Crippen LogP contribution in [0.15, 0.2) is 58.1 Å². The van der Waals surface area contributed by atoms with Gasteiger partial charge in [-0.1, -0.05) is 36.4 Å². The molecule has 4 rings (SSSR count). The summed E-state index contributed by atoms with van der Waals surface area (Å²) in [7, 11) is 1.30. The second-order valence-electron chi connectivity index (χ2n) is 7.03. The molecule has 0 aliphatic heterocycles. The molecular weight excluding hydrogens is 438 g/mol. The lowest BCUT2D eigenvalue weighted by Crippen LogP contribution is -2.31. The molecule has 0 aliphatic rings. The normalized spacial score (nSPS) is 11.3. The van der Waals surface area contributed by atoms with E-state index in [9.17, 15) is 23.5 Å². The number of benzene rings is 2. The molecule has 0 atom stereocenters. The Morgan fingerprint density at radius 3 is 2.52 bits per heavy atom. The lowest BCUT2D eigenvalue weighted by atomic mass is 10.1. The summed E-state index contributed by atoms with van der Waals surface area (Å²) in [6.45, 7) is -3.48. The average Bonchev–Trinajstić information content (AvgIpc) is 3.17. The molecular formula is C22H20F2N4O5. The minimum absolute atomic E-state index is 0.0143. The van der Waals surface area contributed by atoms with Gasteiger partial charge in [0, 0.05) is 6.54 Å². The van der Waals surface area contributed by atoms with Crippen molar-refractivity contribution in [2.24, 2.45) is 0 Å². The molecule has 0 amide bonds. The molecule has 0 radical (unpaired) electrons. The number of aliphatic hydroxyl groups is 1. The van der Waals surface area contributed by atoms with Crippen molar-refractivity contribution in [1.29, 1.82) is 0 Å². The number of para-hydroxylation sites is 1. The fourth-order valence-corrected chi connectivity index (χ4v) is 3.67. The summed E-state index contributed by atoms with van der Waals surface area (Å²) in [5, 5.41) is 9.63. The SMILES string of the molecule is COc1cccc(-c2nc3c(c(=O)[nH]c(=O)n3Cc3ccccc3)n2CCO)c1OC(F)F. The summed E-state index contributed by atoms with van der Waals surface area (Å²) in [5.74, 6) is -0.185. The third kappa shape index (κ3) is 4.22. The smallest absolute Gasteiger partial charge is 0.387 e. The fraction of sp³-hybridized carbons (Fsp3) is 0.227. The quantitative estimate of drug-likeness (QED) is 0.419. The molecule has 0 fully saturated rings. The summed E-state index contributed by atoms with van der Waals surface area (Å²) >= 11 is 0. The zero-order chi connectivity index (χ0) is 23.5. The van der Waals surface area contributed by atoms with E-state index in [1.165, 1.54) is 28.4 Å². The van der Waals surface area contributed by atoms with Gasteiger partial charge in [-0.3, -0.25) is 14.3 Å². The van der Waals surface area contributed by atoms with Gasteiger partial charge in [-0.05, 0) is 17.7 Å².